The van der Waals surface area contributed by atoms with Gasteiger partial charge in [-0.25, -0.2) is 4.98 Å². The molecule has 2 aromatic rings. The second-order valence-corrected chi connectivity index (χ2v) is 5.83. The van der Waals surface area contributed by atoms with Crippen LogP contribution >= 0.6 is 22.9 Å². The number of nitrogens with zero attached hydrogens (tertiary/aromatic N) is 1. The summed E-state index contributed by atoms with van der Waals surface area (Å²) < 4.78 is 0. The minimum atomic E-state index is 0.283. The average molecular weight is 281 g/mol. The lowest BCUT2D eigenvalue weighted by Crippen LogP contribution is -2.17. The van der Waals surface area contributed by atoms with E-state index in [1.165, 1.54) is 10.4 Å². The molecule has 1 N–H and O–H groups in total. The maximum absolute atomic E-state index is 5.86. The number of thiazole rings is 1. The average Bonchev–Trinajstić information content (AvgIpc) is 2.86. The quantitative estimate of drug-likeness (QED) is 0.887. The van der Waals surface area contributed by atoms with Gasteiger partial charge in [-0.05, 0) is 31.0 Å². The van der Waals surface area contributed by atoms with Gasteiger partial charge < -0.3 is 5.32 Å². The van der Waals surface area contributed by atoms with Crippen molar-refractivity contribution < 1.29 is 0 Å². The Labute approximate surface area is 117 Å². The van der Waals surface area contributed by atoms with Gasteiger partial charge in [0.2, 0.25) is 0 Å². The van der Waals surface area contributed by atoms with Gasteiger partial charge in [-0.3, -0.25) is 0 Å². The fourth-order valence-electron chi connectivity index (χ4n) is 1.65. The van der Waals surface area contributed by atoms with Crippen LogP contribution < -0.4 is 5.32 Å². The molecular formula is C14H17ClN2S. The van der Waals surface area contributed by atoms with Crippen LogP contribution in [0.5, 0.6) is 0 Å². The number of aromatic nitrogens is 1. The zero-order valence-electron chi connectivity index (χ0n) is 10.6. The molecule has 0 fully saturated rings. The number of hydrogen-bond acceptors (Lipinski definition) is 3. The summed E-state index contributed by atoms with van der Waals surface area (Å²) >= 11 is 7.64. The summed E-state index contributed by atoms with van der Waals surface area (Å²) in [6.45, 7) is 5.14. The molecule has 1 aromatic carbocycles. The summed E-state index contributed by atoms with van der Waals surface area (Å²) in [5, 5.41) is 5.41. The Morgan fingerprint density at radius 1 is 1.33 bits per heavy atom. The molecule has 0 saturated carbocycles. The Morgan fingerprint density at radius 2 is 2.06 bits per heavy atom. The molecule has 96 valence electrons. The van der Waals surface area contributed by atoms with Gasteiger partial charge in [0.15, 0.2) is 0 Å². The van der Waals surface area contributed by atoms with Crippen molar-refractivity contribution in [3.8, 4) is 0 Å². The van der Waals surface area contributed by atoms with E-state index in [2.05, 4.69) is 24.1 Å². The Hall–Kier alpha value is -0.900. The lowest BCUT2D eigenvalue weighted by atomic mass is 10.2. The van der Waals surface area contributed by atoms with E-state index in [1.807, 2.05) is 30.5 Å². The van der Waals surface area contributed by atoms with E-state index in [-0.39, 0.29) is 6.04 Å². The Kier molecular flexibility index (Phi) is 4.75. The zero-order chi connectivity index (χ0) is 13.0. The number of nitrogens with one attached hydrogen (secondary N) is 1. The van der Waals surface area contributed by atoms with Crippen molar-refractivity contribution in [1.29, 1.82) is 0 Å². The number of aryl methyl sites for hydroxylation is 1. The van der Waals surface area contributed by atoms with Gasteiger partial charge in [0.25, 0.3) is 0 Å². The highest BCUT2D eigenvalue weighted by Crippen LogP contribution is 2.20. The maximum atomic E-state index is 5.86. The maximum Gasteiger partial charge on any atom is 0.109 e. The van der Waals surface area contributed by atoms with Gasteiger partial charge in [-0.1, -0.05) is 30.7 Å². The lowest BCUT2D eigenvalue weighted by molar-refractivity contribution is 0.572. The Balaban J connectivity index is 1.91. The van der Waals surface area contributed by atoms with E-state index in [1.54, 1.807) is 11.3 Å². The minimum absolute atomic E-state index is 0.283. The Bertz CT molecular complexity index is 493. The summed E-state index contributed by atoms with van der Waals surface area (Å²) in [5.41, 5.74) is 1.23. The Morgan fingerprint density at radius 3 is 2.67 bits per heavy atom. The van der Waals surface area contributed by atoms with Crippen molar-refractivity contribution in [2.75, 3.05) is 0 Å². The SMILES string of the molecule is CCc1cnc(C(C)NCc2ccc(Cl)cc2)s1. The first kappa shape index (κ1) is 13.5. The smallest absolute Gasteiger partial charge is 0.109 e. The molecule has 1 atom stereocenters. The first-order valence-corrected chi connectivity index (χ1v) is 7.31. The monoisotopic (exact) mass is 280 g/mol. The molecular weight excluding hydrogens is 264 g/mol. The molecule has 0 saturated heterocycles. The summed E-state index contributed by atoms with van der Waals surface area (Å²) in [5.74, 6) is 0. The molecule has 2 nitrogen and oxygen atoms in total. The van der Waals surface area contributed by atoms with Gasteiger partial charge in [0.05, 0.1) is 6.04 Å². The van der Waals surface area contributed by atoms with Gasteiger partial charge in [0, 0.05) is 22.6 Å². The predicted molar refractivity (Wildman–Crippen MR) is 78.2 cm³/mol. The van der Waals surface area contributed by atoms with Crippen LogP contribution in [0, 0.1) is 0 Å². The molecule has 0 bridgehead atoms. The largest absolute Gasteiger partial charge is 0.304 e. The summed E-state index contributed by atoms with van der Waals surface area (Å²) in [6, 6.07) is 8.21. The van der Waals surface area contributed by atoms with Crippen molar-refractivity contribution >= 4 is 22.9 Å². The zero-order valence-corrected chi connectivity index (χ0v) is 12.2. The van der Waals surface area contributed by atoms with Crippen LogP contribution in [0.1, 0.15) is 35.3 Å². The van der Waals surface area contributed by atoms with Gasteiger partial charge in [-0.2, -0.15) is 0 Å². The van der Waals surface area contributed by atoms with Crippen molar-refractivity contribution in [3.05, 3.63) is 50.9 Å². The topological polar surface area (TPSA) is 24.9 Å². The second-order valence-electron chi connectivity index (χ2n) is 4.25. The van der Waals surface area contributed by atoms with Gasteiger partial charge >= 0.3 is 0 Å². The van der Waals surface area contributed by atoms with Crippen molar-refractivity contribution in [2.24, 2.45) is 0 Å². The number of hydrogen-bond donors (Lipinski definition) is 1. The summed E-state index contributed by atoms with van der Waals surface area (Å²) in [4.78, 5) is 5.79. The van der Waals surface area contributed by atoms with Crippen LogP contribution in [-0.2, 0) is 13.0 Å². The lowest BCUT2D eigenvalue weighted by Gasteiger charge is -2.11. The highest BCUT2D eigenvalue weighted by Gasteiger charge is 2.09. The molecule has 4 heteroatoms. The summed E-state index contributed by atoms with van der Waals surface area (Å²) in [7, 11) is 0. The molecule has 18 heavy (non-hydrogen) atoms. The van der Waals surface area contributed by atoms with E-state index in [0.717, 1.165) is 23.0 Å². The van der Waals surface area contributed by atoms with Crippen molar-refractivity contribution in [1.82, 2.24) is 10.3 Å². The van der Waals surface area contributed by atoms with E-state index < -0.39 is 0 Å². The first-order valence-electron chi connectivity index (χ1n) is 6.11. The van der Waals surface area contributed by atoms with E-state index >= 15 is 0 Å². The van der Waals surface area contributed by atoms with Crippen LogP contribution in [0.4, 0.5) is 0 Å². The molecule has 2 rings (SSSR count). The molecule has 0 spiro atoms. The molecule has 0 aliphatic heterocycles. The molecule has 1 aromatic heterocycles. The second kappa shape index (κ2) is 6.32. The van der Waals surface area contributed by atoms with E-state index in [0.29, 0.717) is 0 Å². The van der Waals surface area contributed by atoms with E-state index in [9.17, 15) is 0 Å². The molecule has 0 amide bonds. The fourth-order valence-corrected chi connectivity index (χ4v) is 2.66. The third-order valence-electron chi connectivity index (χ3n) is 2.82. The summed E-state index contributed by atoms with van der Waals surface area (Å²) in [6.07, 6.45) is 3.03. The van der Waals surface area contributed by atoms with E-state index in [4.69, 9.17) is 11.6 Å². The van der Waals surface area contributed by atoms with Crippen LogP contribution in [0.25, 0.3) is 0 Å². The van der Waals surface area contributed by atoms with Crippen LogP contribution in [0.15, 0.2) is 30.5 Å². The van der Waals surface area contributed by atoms with Crippen LogP contribution in [-0.4, -0.2) is 4.98 Å². The van der Waals surface area contributed by atoms with Crippen molar-refractivity contribution in [3.63, 3.8) is 0 Å². The standard InChI is InChI=1S/C14H17ClN2S/c1-3-13-9-17-14(18-13)10(2)16-8-11-4-6-12(15)7-5-11/h4-7,9-10,16H,3,8H2,1-2H3. The number of benzene rings is 1. The third-order valence-corrected chi connectivity index (χ3v) is 4.39. The molecule has 1 heterocycles. The highest BCUT2D eigenvalue weighted by atomic mass is 35.5. The number of rotatable bonds is 5. The molecule has 0 aliphatic rings. The highest BCUT2D eigenvalue weighted by molar-refractivity contribution is 7.11. The van der Waals surface area contributed by atoms with Crippen molar-refractivity contribution in [2.45, 2.75) is 32.9 Å². The van der Waals surface area contributed by atoms with Crippen LogP contribution in [0.3, 0.4) is 0 Å². The fraction of sp³-hybridized carbons (Fsp3) is 0.357. The van der Waals surface area contributed by atoms with Gasteiger partial charge in [-0.15, -0.1) is 11.3 Å². The molecule has 0 radical (unpaired) electrons. The third kappa shape index (κ3) is 3.55. The number of halogens is 1. The normalized spacial score (nSPS) is 12.6. The molecule has 1 unspecified atom stereocenters. The first-order chi connectivity index (χ1) is 8.69. The minimum Gasteiger partial charge on any atom is -0.304 e. The van der Waals surface area contributed by atoms with Gasteiger partial charge in [0.1, 0.15) is 5.01 Å². The van der Waals surface area contributed by atoms with Crippen LogP contribution in [0.2, 0.25) is 5.02 Å². The molecule has 0 aliphatic carbocycles. The predicted octanol–water partition coefficient (Wildman–Crippen LogP) is 4.21.